The molecule has 0 unspecified atom stereocenters. The molecule has 98 valence electrons. The first kappa shape index (κ1) is 16.5. The molecular formula is C12H13Cl2FN2O. The molecule has 0 amide bonds. The van der Waals surface area contributed by atoms with Crippen LogP contribution in [-0.4, -0.2) is 4.98 Å². The minimum absolute atomic E-state index is 0. The fourth-order valence-corrected chi connectivity index (χ4v) is 1.27. The minimum Gasteiger partial charge on any atom is -0.484 e. The van der Waals surface area contributed by atoms with Crippen LogP contribution in [0, 0.1) is 5.82 Å². The smallest absolute Gasteiger partial charge is 0.167 e. The first-order chi connectivity index (χ1) is 7.75. The summed E-state index contributed by atoms with van der Waals surface area (Å²) < 4.78 is 18.6. The van der Waals surface area contributed by atoms with E-state index in [1.807, 2.05) is 18.2 Å². The highest BCUT2D eigenvalue weighted by Gasteiger charge is 2.03. The van der Waals surface area contributed by atoms with Gasteiger partial charge in [-0.05, 0) is 24.3 Å². The largest absolute Gasteiger partial charge is 0.484 e. The molecule has 0 aliphatic heterocycles. The average Bonchev–Trinajstić information content (AvgIpc) is 2.29. The summed E-state index contributed by atoms with van der Waals surface area (Å²) in [5.74, 6) is -0.282. The number of nitrogens with zero attached hydrogens (tertiary/aromatic N) is 1. The van der Waals surface area contributed by atoms with E-state index in [-0.39, 0.29) is 37.2 Å². The van der Waals surface area contributed by atoms with Gasteiger partial charge in [0.2, 0.25) is 0 Å². The second kappa shape index (κ2) is 7.74. The van der Waals surface area contributed by atoms with E-state index < -0.39 is 5.82 Å². The Morgan fingerprint density at radius 1 is 1.17 bits per heavy atom. The number of nitrogens with two attached hydrogens (primary N) is 1. The summed E-state index contributed by atoms with van der Waals surface area (Å²) in [6.07, 6.45) is 1.66. The number of hydrogen-bond donors (Lipinski definition) is 1. The van der Waals surface area contributed by atoms with Crippen LogP contribution < -0.4 is 10.5 Å². The molecule has 0 aliphatic carbocycles. The van der Waals surface area contributed by atoms with Gasteiger partial charge in [0.05, 0.1) is 5.69 Å². The van der Waals surface area contributed by atoms with Crippen LogP contribution in [0.4, 0.5) is 10.1 Å². The summed E-state index contributed by atoms with van der Waals surface area (Å²) in [5.41, 5.74) is 6.55. The molecule has 6 heteroatoms. The van der Waals surface area contributed by atoms with Crippen molar-refractivity contribution in [2.24, 2.45) is 0 Å². The average molecular weight is 291 g/mol. The number of aromatic nitrogens is 1. The van der Waals surface area contributed by atoms with Gasteiger partial charge < -0.3 is 10.5 Å². The van der Waals surface area contributed by atoms with Crippen LogP contribution in [0.2, 0.25) is 0 Å². The number of halogens is 3. The maximum Gasteiger partial charge on any atom is 0.167 e. The normalized spacial score (nSPS) is 8.94. The Kier molecular flexibility index (Phi) is 7.08. The predicted octanol–water partition coefficient (Wildman–Crippen LogP) is 3.23. The summed E-state index contributed by atoms with van der Waals surface area (Å²) in [4.78, 5) is 4.07. The third-order valence-electron chi connectivity index (χ3n) is 2.06. The lowest BCUT2D eigenvalue weighted by Gasteiger charge is -2.06. The molecule has 0 saturated heterocycles. The highest BCUT2D eigenvalue weighted by molar-refractivity contribution is 5.85. The number of hydrogen-bond acceptors (Lipinski definition) is 3. The van der Waals surface area contributed by atoms with Gasteiger partial charge in [0.1, 0.15) is 6.61 Å². The zero-order chi connectivity index (χ0) is 11.4. The molecule has 0 atom stereocenters. The summed E-state index contributed by atoms with van der Waals surface area (Å²) in [6, 6.07) is 9.81. The van der Waals surface area contributed by atoms with Crippen LogP contribution in [0.15, 0.2) is 42.6 Å². The molecule has 2 aromatic rings. The zero-order valence-corrected chi connectivity index (χ0v) is 11.0. The fraction of sp³-hybridized carbons (Fsp3) is 0.0833. The molecule has 0 fully saturated rings. The third kappa shape index (κ3) is 4.39. The topological polar surface area (TPSA) is 48.1 Å². The monoisotopic (exact) mass is 290 g/mol. The number of rotatable bonds is 3. The van der Waals surface area contributed by atoms with Crippen molar-refractivity contribution in [3.05, 3.63) is 54.1 Å². The molecule has 0 saturated carbocycles. The quantitative estimate of drug-likeness (QED) is 0.883. The van der Waals surface area contributed by atoms with E-state index >= 15 is 0 Å². The van der Waals surface area contributed by atoms with E-state index in [0.29, 0.717) is 5.69 Å². The van der Waals surface area contributed by atoms with Crippen molar-refractivity contribution in [1.82, 2.24) is 4.98 Å². The van der Waals surface area contributed by atoms with Crippen LogP contribution in [-0.2, 0) is 6.61 Å². The standard InChI is InChI=1S/C12H11FN2O.2ClH/c13-11-7-9(14)4-5-12(11)16-8-10-3-1-2-6-15-10;;/h1-7H,8,14H2;2*1H. The molecule has 1 aromatic heterocycles. The minimum atomic E-state index is -0.462. The van der Waals surface area contributed by atoms with E-state index in [1.165, 1.54) is 12.1 Å². The van der Waals surface area contributed by atoms with E-state index in [2.05, 4.69) is 4.98 Å². The van der Waals surface area contributed by atoms with E-state index in [1.54, 1.807) is 12.3 Å². The van der Waals surface area contributed by atoms with Gasteiger partial charge in [-0.15, -0.1) is 24.8 Å². The molecule has 0 spiro atoms. The number of anilines is 1. The van der Waals surface area contributed by atoms with Gasteiger partial charge >= 0.3 is 0 Å². The van der Waals surface area contributed by atoms with Crippen LogP contribution in [0.5, 0.6) is 5.75 Å². The van der Waals surface area contributed by atoms with Crippen molar-refractivity contribution in [1.29, 1.82) is 0 Å². The van der Waals surface area contributed by atoms with Crippen molar-refractivity contribution < 1.29 is 9.13 Å². The number of ether oxygens (including phenoxy) is 1. The highest BCUT2D eigenvalue weighted by Crippen LogP contribution is 2.20. The van der Waals surface area contributed by atoms with Gasteiger partial charge in [0.15, 0.2) is 11.6 Å². The Bertz CT molecular complexity index is 483. The molecule has 1 heterocycles. The van der Waals surface area contributed by atoms with Crippen LogP contribution in [0.3, 0.4) is 0 Å². The zero-order valence-electron chi connectivity index (χ0n) is 9.38. The summed E-state index contributed by atoms with van der Waals surface area (Å²) >= 11 is 0. The Morgan fingerprint density at radius 2 is 1.94 bits per heavy atom. The Hall–Kier alpha value is -1.52. The first-order valence-corrected chi connectivity index (χ1v) is 4.83. The van der Waals surface area contributed by atoms with Gasteiger partial charge in [-0.1, -0.05) is 6.07 Å². The third-order valence-corrected chi connectivity index (χ3v) is 2.06. The molecule has 3 nitrogen and oxygen atoms in total. The molecule has 0 bridgehead atoms. The van der Waals surface area contributed by atoms with E-state index in [9.17, 15) is 4.39 Å². The maximum absolute atomic E-state index is 13.3. The summed E-state index contributed by atoms with van der Waals surface area (Å²) in [5, 5.41) is 0. The maximum atomic E-state index is 13.3. The lowest BCUT2D eigenvalue weighted by atomic mass is 10.3. The van der Waals surface area contributed by atoms with E-state index in [0.717, 1.165) is 5.69 Å². The first-order valence-electron chi connectivity index (χ1n) is 4.83. The lowest BCUT2D eigenvalue weighted by Crippen LogP contribution is -1.99. The van der Waals surface area contributed by atoms with Gasteiger partial charge in [-0.3, -0.25) is 4.98 Å². The number of nitrogen functional groups attached to an aromatic ring is 1. The molecule has 0 aliphatic rings. The second-order valence-corrected chi connectivity index (χ2v) is 3.30. The van der Waals surface area contributed by atoms with Crippen molar-refractivity contribution in [3.63, 3.8) is 0 Å². The Morgan fingerprint density at radius 3 is 2.56 bits per heavy atom. The Balaban J connectivity index is 0.00000144. The SMILES string of the molecule is Cl.Cl.Nc1ccc(OCc2ccccn2)c(F)c1. The van der Waals surface area contributed by atoms with Gasteiger partial charge in [0, 0.05) is 18.0 Å². The van der Waals surface area contributed by atoms with Crippen LogP contribution in [0.25, 0.3) is 0 Å². The van der Waals surface area contributed by atoms with Crippen molar-refractivity contribution >= 4 is 30.5 Å². The fourth-order valence-electron chi connectivity index (χ4n) is 1.27. The van der Waals surface area contributed by atoms with Gasteiger partial charge in [0.25, 0.3) is 0 Å². The summed E-state index contributed by atoms with van der Waals surface area (Å²) in [6.45, 7) is 0.238. The predicted molar refractivity (Wildman–Crippen MR) is 73.9 cm³/mol. The Labute approximate surface area is 117 Å². The van der Waals surface area contributed by atoms with Crippen molar-refractivity contribution in [2.75, 3.05) is 5.73 Å². The molecule has 0 radical (unpaired) electrons. The van der Waals surface area contributed by atoms with E-state index in [4.69, 9.17) is 10.5 Å². The second-order valence-electron chi connectivity index (χ2n) is 3.30. The number of benzene rings is 1. The van der Waals surface area contributed by atoms with Crippen molar-refractivity contribution in [2.45, 2.75) is 6.61 Å². The molecule has 2 N–H and O–H groups in total. The molecule has 1 aromatic carbocycles. The van der Waals surface area contributed by atoms with Crippen LogP contribution >= 0.6 is 24.8 Å². The van der Waals surface area contributed by atoms with Crippen LogP contribution in [0.1, 0.15) is 5.69 Å². The molecular weight excluding hydrogens is 278 g/mol. The van der Waals surface area contributed by atoms with Gasteiger partial charge in [-0.2, -0.15) is 0 Å². The van der Waals surface area contributed by atoms with Gasteiger partial charge in [-0.25, -0.2) is 4.39 Å². The molecule has 18 heavy (non-hydrogen) atoms. The van der Waals surface area contributed by atoms with Crippen molar-refractivity contribution in [3.8, 4) is 5.75 Å². The summed E-state index contributed by atoms with van der Waals surface area (Å²) in [7, 11) is 0. The molecule has 2 rings (SSSR count). The number of pyridine rings is 1. The highest BCUT2D eigenvalue weighted by atomic mass is 35.5. The lowest BCUT2D eigenvalue weighted by molar-refractivity contribution is 0.286.